The van der Waals surface area contributed by atoms with E-state index in [2.05, 4.69) is 4.98 Å². The van der Waals surface area contributed by atoms with Crippen LogP contribution in [0.1, 0.15) is 50.2 Å². The van der Waals surface area contributed by atoms with Crippen molar-refractivity contribution >= 4 is 22.6 Å². The summed E-state index contributed by atoms with van der Waals surface area (Å²) in [6.45, 7) is 2.42. The van der Waals surface area contributed by atoms with Gasteiger partial charge in [-0.3, -0.25) is 9.59 Å². The summed E-state index contributed by atoms with van der Waals surface area (Å²) in [7, 11) is 0. The lowest BCUT2D eigenvalue weighted by Crippen LogP contribution is -2.21. The van der Waals surface area contributed by atoms with E-state index < -0.39 is 5.78 Å². The maximum absolute atomic E-state index is 13.1. The number of aryl methyl sites for hydroxylation is 1. The van der Waals surface area contributed by atoms with Gasteiger partial charge in [0.05, 0.1) is 22.2 Å². The molecular weight excluding hydrogens is 380 g/mol. The van der Waals surface area contributed by atoms with Gasteiger partial charge < -0.3 is 14.8 Å². The SMILES string of the molecule is CCc1nc2ccccc2n1Cc1cc(O)c2c(c1)C(=O)c1cccc(O)c1C2=O. The van der Waals surface area contributed by atoms with Crippen LogP contribution in [0.15, 0.2) is 54.6 Å². The molecule has 0 saturated carbocycles. The maximum Gasteiger partial charge on any atom is 0.201 e. The molecule has 3 aromatic carbocycles. The van der Waals surface area contributed by atoms with Crippen molar-refractivity contribution in [2.24, 2.45) is 0 Å². The molecule has 2 N–H and O–H groups in total. The number of fused-ring (bicyclic) bond motifs is 3. The van der Waals surface area contributed by atoms with Gasteiger partial charge in [-0.25, -0.2) is 4.98 Å². The highest BCUT2D eigenvalue weighted by molar-refractivity contribution is 6.30. The topological polar surface area (TPSA) is 92.4 Å². The molecule has 0 atom stereocenters. The summed E-state index contributed by atoms with van der Waals surface area (Å²) in [4.78, 5) is 30.6. The standard InChI is InChI=1S/C24H18N2O4/c1-2-20-25-16-7-3-4-8-17(16)26(20)12-13-10-15-22(19(28)11-13)24(30)21-14(23(15)29)6-5-9-18(21)27/h3-11,27-28H,2,12H2,1H3. The lowest BCUT2D eigenvalue weighted by atomic mass is 9.82. The lowest BCUT2D eigenvalue weighted by Gasteiger charge is -2.20. The van der Waals surface area contributed by atoms with E-state index in [-0.39, 0.29) is 39.5 Å². The van der Waals surface area contributed by atoms with Crippen LogP contribution in [-0.2, 0) is 13.0 Å². The van der Waals surface area contributed by atoms with Gasteiger partial charge in [0.25, 0.3) is 0 Å². The number of phenolic OH excluding ortho intramolecular Hbond substituents is 2. The smallest absolute Gasteiger partial charge is 0.201 e. The molecular formula is C24H18N2O4. The number of carbonyl (C=O) groups is 2. The zero-order chi connectivity index (χ0) is 21.0. The Hall–Kier alpha value is -3.93. The molecule has 1 heterocycles. The lowest BCUT2D eigenvalue weighted by molar-refractivity contribution is 0.0974. The number of phenols is 2. The molecule has 0 radical (unpaired) electrons. The normalized spacial score (nSPS) is 12.8. The summed E-state index contributed by atoms with van der Waals surface area (Å²) in [6, 6.07) is 15.3. The van der Waals surface area contributed by atoms with Crippen LogP contribution in [0.2, 0.25) is 0 Å². The van der Waals surface area contributed by atoms with Crippen LogP contribution in [-0.4, -0.2) is 31.3 Å². The molecule has 30 heavy (non-hydrogen) atoms. The fourth-order valence-corrected chi connectivity index (χ4v) is 4.19. The number of benzene rings is 3. The van der Waals surface area contributed by atoms with Crippen LogP contribution in [0, 0.1) is 0 Å². The minimum absolute atomic E-state index is 0.0630. The van der Waals surface area contributed by atoms with Crippen LogP contribution in [0.5, 0.6) is 11.5 Å². The van der Waals surface area contributed by atoms with Gasteiger partial charge in [0.15, 0.2) is 5.78 Å². The van der Waals surface area contributed by atoms with Crippen LogP contribution < -0.4 is 0 Å². The Morgan fingerprint density at radius 2 is 1.63 bits per heavy atom. The first-order valence-corrected chi connectivity index (χ1v) is 9.71. The Labute approximate surface area is 172 Å². The van der Waals surface area contributed by atoms with Gasteiger partial charge in [-0.15, -0.1) is 0 Å². The van der Waals surface area contributed by atoms with Gasteiger partial charge in [0.2, 0.25) is 5.78 Å². The average molecular weight is 398 g/mol. The van der Waals surface area contributed by atoms with Crippen molar-refractivity contribution in [1.82, 2.24) is 9.55 Å². The van der Waals surface area contributed by atoms with E-state index in [4.69, 9.17) is 0 Å². The second-order valence-electron chi connectivity index (χ2n) is 7.35. The third kappa shape index (κ3) is 2.54. The highest BCUT2D eigenvalue weighted by Gasteiger charge is 2.34. The highest BCUT2D eigenvalue weighted by atomic mass is 16.3. The van der Waals surface area contributed by atoms with E-state index >= 15 is 0 Å². The van der Waals surface area contributed by atoms with E-state index in [0.29, 0.717) is 12.1 Å². The van der Waals surface area contributed by atoms with E-state index in [9.17, 15) is 19.8 Å². The number of rotatable bonds is 3. The molecule has 6 nitrogen and oxygen atoms in total. The molecule has 4 aromatic rings. The molecule has 0 fully saturated rings. The monoisotopic (exact) mass is 398 g/mol. The Balaban J connectivity index is 1.65. The third-order valence-electron chi connectivity index (χ3n) is 5.55. The molecule has 1 aliphatic carbocycles. The van der Waals surface area contributed by atoms with Gasteiger partial charge in [0.1, 0.15) is 17.3 Å². The Bertz CT molecular complexity index is 1370. The van der Waals surface area contributed by atoms with Gasteiger partial charge in [-0.2, -0.15) is 0 Å². The number of aromatic hydroxyl groups is 2. The summed E-state index contributed by atoms with van der Waals surface area (Å²) in [5.41, 5.74) is 2.70. The van der Waals surface area contributed by atoms with Crippen molar-refractivity contribution in [1.29, 1.82) is 0 Å². The molecule has 0 saturated heterocycles. The number of imidazole rings is 1. The predicted molar refractivity (Wildman–Crippen MR) is 111 cm³/mol. The summed E-state index contributed by atoms with van der Waals surface area (Å²) in [6.07, 6.45) is 0.732. The first kappa shape index (κ1) is 18.1. The van der Waals surface area contributed by atoms with E-state index in [1.54, 1.807) is 6.07 Å². The highest BCUT2D eigenvalue weighted by Crippen LogP contribution is 2.37. The minimum Gasteiger partial charge on any atom is -0.507 e. The molecule has 148 valence electrons. The molecule has 0 aliphatic heterocycles. The molecule has 0 bridgehead atoms. The average Bonchev–Trinajstić information content (AvgIpc) is 3.09. The van der Waals surface area contributed by atoms with Crippen molar-refractivity contribution in [2.75, 3.05) is 0 Å². The summed E-state index contributed by atoms with van der Waals surface area (Å²) >= 11 is 0. The predicted octanol–water partition coefficient (Wildman–Crippen LogP) is 3.83. The summed E-state index contributed by atoms with van der Waals surface area (Å²) in [5, 5.41) is 20.7. The molecule has 6 heteroatoms. The van der Waals surface area contributed by atoms with Gasteiger partial charge in [-0.05, 0) is 35.9 Å². The number of carbonyl (C=O) groups excluding carboxylic acids is 2. The number of hydrogen-bond acceptors (Lipinski definition) is 5. The van der Waals surface area contributed by atoms with Gasteiger partial charge >= 0.3 is 0 Å². The van der Waals surface area contributed by atoms with E-state index in [0.717, 1.165) is 23.3 Å². The van der Waals surface area contributed by atoms with Crippen LogP contribution in [0.3, 0.4) is 0 Å². The summed E-state index contributed by atoms with van der Waals surface area (Å²) in [5.74, 6) is -0.580. The molecule has 5 rings (SSSR count). The molecule has 1 aromatic heterocycles. The zero-order valence-electron chi connectivity index (χ0n) is 16.2. The zero-order valence-corrected chi connectivity index (χ0v) is 16.2. The van der Waals surface area contributed by atoms with Crippen molar-refractivity contribution in [3.05, 3.63) is 88.2 Å². The Morgan fingerprint density at radius 3 is 2.43 bits per heavy atom. The summed E-state index contributed by atoms with van der Waals surface area (Å²) < 4.78 is 2.05. The molecule has 0 spiro atoms. The number of aromatic nitrogens is 2. The van der Waals surface area contributed by atoms with Crippen LogP contribution >= 0.6 is 0 Å². The second kappa shape index (κ2) is 6.56. The number of nitrogens with zero attached hydrogens (tertiary/aromatic N) is 2. The van der Waals surface area contributed by atoms with Gasteiger partial charge in [0, 0.05) is 24.1 Å². The van der Waals surface area contributed by atoms with E-state index in [1.807, 2.05) is 35.8 Å². The largest absolute Gasteiger partial charge is 0.507 e. The molecule has 0 unspecified atom stereocenters. The Morgan fingerprint density at radius 1 is 0.867 bits per heavy atom. The molecule has 1 aliphatic rings. The number of ketones is 2. The fraction of sp³-hybridized carbons (Fsp3) is 0.125. The first-order valence-electron chi connectivity index (χ1n) is 9.71. The van der Waals surface area contributed by atoms with Crippen molar-refractivity contribution in [3.63, 3.8) is 0 Å². The van der Waals surface area contributed by atoms with Crippen LogP contribution in [0.4, 0.5) is 0 Å². The van der Waals surface area contributed by atoms with Gasteiger partial charge in [-0.1, -0.05) is 31.2 Å². The maximum atomic E-state index is 13.1. The quantitative estimate of drug-likeness (QED) is 0.482. The number of hydrogen-bond donors (Lipinski definition) is 2. The number of para-hydroxylation sites is 2. The fourth-order valence-electron chi connectivity index (χ4n) is 4.19. The molecule has 0 amide bonds. The Kier molecular flexibility index (Phi) is 3.96. The third-order valence-corrected chi connectivity index (χ3v) is 5.55. The van der Waals surface area contributed by atoms with Crippen molar-refractivity contribution < 1.29 is 19.8 Å². The van der Waals surface area contributed by atoms with E-state index in [1.165, 1.54) is 24.3 Å². The minimum atomic E-state index is -0.552. The first-order chi connectivity index (χ1) is 14.5. The van der Waals surface area contributed by atoms with Crippen molar-refractivity contribution in [2.45, 2.75) is 19.9 Å². The van der Waals surface area contributed by atoms with Crippen LogP contribution in [0.25, 0.3) is 11.0 Å². The second-order valence-corrected chi connectivity index (χ2v) is 7.35. The van der Waals surface area contributed by atoms with Crippen molar-refractivity contribution in [3.8, 4) is 11.5 Å².